The summed E-state index contributed by atoms with van der Waals surface area (Å²) in [6.45, 7) is 6.60. The van der Waals surface area contributed by atoms with Crippen LogP contribution in [0, 0.1) is 12.7 Å². The first kappa shape index (κ1) is 15.4. The maximum atomic E-state index is 13.7. The van der Waals surface area contributed by atoms with E-state index in [0.717, 1.165) is 5.56 Å². The number of alkyl carbamates (subject to hydrolysis) is 1. The summed E-state index contributed by atoms with van der Waals surface area (Å²) in [5, 5.41) is 11.8. The van der Waals surface area contributed by atoms with Gasteiger partial charge in [0, 0.05) is 5.56 Å². The van der Waals surface area contributed by atoms with Crippen molar-refractivity contribution >= 4 is 6.09 Å². The van der Waals surface area contributed by atoms with Crippen LogP contribution in [0.5, 0.6) is 0 Å². The van der Waals surface area contributed by atoms with Crippen LogP contribution in [-0.4, -0.2) is 23.4 Å². The molecule has 0 aliphatic rings. The Balaban J connectivity index is 2.84. The van der Waals surface area contributed by atoms with Crippen molar-refractivity contribution in [3.05, 3.63) is 35.1 Å². The van der Waals surface area contributed by atoms with Crippen LogP contribution in [0.25, 0.3) is 0 Å². The molecule has 5 heteroatoms. The fourth-order valence-electron chi connectivity index (χ4n) is 1.60. The van der Waals surface area contributed by atoms with Crippen LogP contribution in [-0.2, 0) is 4.74 Å². The molecule has 0 radical (unpaired) electrons. The summed E-state index contributed by atoms with van der Waals surface area (Å²) >= 11 is 0. The minimum atomic E-state index is -0.824. The van der Waals surface area contributed by atoms with Gasteiger partial charge in [-0.1, -0.05) is 17.7 Å². The number of aryl methyl sites for hydroxylation is 1. The summed E-state index contributed by atoms with van der Waals surface area (Å²) in [5.74, 6) is -0.472. The second-order valence-corrected chi connectivity index (χ2v) is 5.41. The number of amides is 1. The van der Waals surface area contributed by atoms with Crippen molar-refractivity contribution in [3.8, 4) is 0 Å². The third kappa shape index (κ3) is 4.87. The lowest BCUT2D eigenvalue weighted by Crippen LogP contribution is -2.36. The summed E-state index contributed by atoms with van der Waals surface area (Å²) in [7, 11) is 0. The van der Waals surface area contributed by atoms with E-state index >= 15 is 0 Å². The number of aliphatic hydroxyl groups is 1. The Morgan fingerprint density at radius 1 is 1.47 bits per heavy atom. The first-order chi connectivity index (χ1) is 8.73. The zero-order chi connectivity index (χ0) is 14.6. The Labute approximate surface area is 112 Å². The number of carbonyl (C=O) groups excluding carboxylic acids is 1. The standard InChI is InChI=1S/C14H20FNO3/c1-9-5-6-11(15)10(7-9)12(8-17)16-13(18)19-14(2,3)4/h5-7,12,17H,8H2,1-4H3,(H,16,18). The van der Waals surface area contributed by atoms with Crippen LogP contribution in [0.2, 0.25) is 0 Å². The number of aliphatic hydroxyl groups excluding tert-OH is 1. The van der Waals surface area contributed by atoms with Gasteiger partial charge in [-0.2, -0.15) is 0 Å². The summed E-state index contributed by atoms with van der Waals surface area (Å²) < 4.78 is 18.8. The van der Waals surface area contributed by atoms with Crippen LogP contribution in [0.1, 0.15) is 37.9 Å². The minimum absolute atomic E-state index is 0.244. The van der Waals surface area contributed by atoms with Crippen molar-refractivity contribution in [2.75, 3.05) is 6.61 Å². The summed E-state index contributed by atoms with van der Waals surface area (Å²) in [6.07, 6.45) is -0.688. The molecule has 1 unspecified atom stereocenters. The highest BCUT2D eigenvalue weighted by molar-refractivity contribution is 5.68. The van der Waals surface area contributed by atoms with Gasteiger partial charge in [-0.15, -0.1) is 0 Å². The van der Waals surface area contributed by atoms with Gasteiger partial charge in [-0.25, -0.2) is 9.18 Å². The van der Waals surface area contributed by atoms with Crippen LogP contribution >= 0.6 is 0 Å². The number of halogens is 1. The molecule has 0 bridgehead atoms. The van der Waals surface area contributed by atoms with Crippen molar-refractivity contribution in [3.63, 3.8) is 0 Å². The summed E-state index contributed by atoms with van der Waals surface area (Å²) in [4.78, 5) is 11.6. The van der Waals surface area contributed by atoms with Gasteiger partial charge in [-0.05, 0) is 33.8 Å². The predicted molar refractivity (Wildman–Crippen MR) is 70.3 cm³/mol. The molecule has 0 aromatic heterocycles. The molecule has 106 valence electrons. The van der Waals surface area contributed by atoms with Crippen molar-refractivity contribution in [2.45, 2.75) is 39.3 Å². The third-order valence-corrected chi connectivity index (χ3v) is 2.40. The number of rotatable bonds is 3. The van der Waals surface area contributed by atoms with Gasteiger partial charge in [0.2, 0.25) is 0 Å². The van der Waals surface area contributed by atoms with Gasteiger partial charge in [0.15, 0.2) is 0 Å². The van der Waals surface area contributed by atoms with Crippen LogP contribution in [0.3, 0.4) is 0 Å². The molecule has 0 fully saturated rings. The molecule has 1 aromatic carbocycles. The number of carbonyl (C=O) groups is 1. The summed E-state index contributed by atoms with van der Waals surface area (Å²) in [5.41, 5.74) is 0.448. The van der Waals surface area contributed by atoms with E-state index in [1.807, 2.05) is 6.92 Å². The largest absolute Gasteiger partial charge is 0.444 e. The fourth-order valence-corrected chi connectivity index (χ4v) is 1.60. The van der Waals surface area contributed by atoms with E-state index in [2.05, 4.69) is 5.32 Å². The Morgan fingerprint density at radius 2 is 2.11 bits per heavy atom. The number of hydrogen-bond acceptors (Lipinski definition) is 3. The van der Waals surface area contributed by atoms with E-state index < -0.39 is 30.2 Å². The SMILES string of the molecule is Cc1ccc(F)c(C(CO)NC(=O)OC(C)(C)C)c1. The molecule has 0 heterocycles. The highest BCUT2D eigenvalue weighted by Crippen LogP contribution is 2.19. The third-order valence-electron chi connectivity index (χ3n) is 2.40. The van der Waals surface area contributed by atoms with Gasteiger partial charge in [0.05, 0.1) is 12.6 Å². The highest BCUT2D eigenvalue weighted by Gasteiger charge is 2.22. The van der Waals surface area contributed by atoms with Crippen LogP contribution in [0.15, 0.2) is 18.2 Å². The second-order valence-electron chi connectivity index (χ2n) is 5.41. The average Bonchev–Trinajstić information content (AvgIpc) is 2.27. The lowest BCUT2D eigenvalue weighted by atomic mass is 10.0. The van der Waals surface area contributed by atoms with E-state index in [9.17, 15) is 14.3 Å². The predicted octanol–water partition coefficient (Wildman–Crippen LogP) is 2.69. The number of ether oxygens (including phenoxy) is 1. The lowest BCUT2D eigenvalue weighted by Gasteiger charge is -2.23. The normalized spacial score (nSPS) is 12.9. The molecule has 0 aliphatic heterocycles. The molecule has 1 amide bonds. The topological polar surface area (TPSA) is 58.6 Å². The van der Waals surface area contributed by atoms with Gasteiger partial charge in [0.25, 0.3) is 0 Å². The molecule has 0 saturated carbocycles. The molecular formula is C14H20FNO3. The van der Waals surface area contributed by atoms with Crippen molar-refractivity contribution in [1.82, 2.24) is 5.32 Å². The molecule has 19 heavy (non-hydrogen) atoms. The maximum Gasteiger partial charge on any atom is 0.408 e. The van der Waals surface area contributed by atoms with Crippen molar-refractivity contribution < 1.29 is 19.0 Å². The molecule has 0 saturated heterocycles. The van der Waals surface area contributed by atoms with Crippen LogP contribution in [0.4, 0.5) is 9.18 Å². The molecule has 1 rings (SSSR count). The molecule has 1 atom stereocenters. The van der Waals surface area contributed by atoms with E-state index in [1.54, 1.807) is 32.9 Å². The minimum Gasteiger partial charge on any atom is -0.444 e. The van der Waals surface area contributed by atoms with Crippen molar-refractivity contribution in [2.24, 2.45) is 0 Å². The van der Waals surface area contributed by atoms with Crippen molar-refractivity contribution in [1.29, 1.82) is 0 Å². The Morgan fingerprint density at radius 3 is 2.63 bits per heavy atom. The molecule has 2 N–H and O–H groups in total. The lowest BCUT2D eigenvalue weighted by molar-refractivity contribution is 0.0480. The van der Waals surface area contributed by atoms with Gasteiger partial charge in [-0.3, -0.25) is 0 Å². The van der Waals surface area contributed by atoms with Gasteiger partial charge in [0.1, 0.15) is 11.4 Å². The Bertz CT molecular complexity index is 454. The highest BCUT2D eigenvalue weighted by atomic mass is 19.1. The zero-order valence-electron chi connectivity index (χ0n) is 11.7. The fraction of sp³-hybridized carbons (Fsp3) is 0.500. The smallest absolute Gasteiger partial charge is 0.408 e. The monoisotopic (exact) mass is 269 g/mol. The number of benzene rings is 1. The first-order valence-corrected chi connectivity index (χ1v) is 6.09. The Kier molecular flexibility index (Phi) is 4.89. The summed E-state index contributed by atoms with van der Waals surface area (Å²) in [6, 6.07) is 3.70. The van der Waals surface area contributed by atoms with E-state index in [1.165, 1.54) is 6.07 Å². The zero-order valence-corrected chi connectivity index (χ0v) is 11.7. The van der Waals surface area contributed by atoms with E-state index in [-0.39, 0.29) is 5.56 Å². The van der Waals surface area contributed by atoms with E-state index in [4.69, 9.17) is 4.74 Å². The molecule has 0 spiro atoms. The van der Waals surface area contributed by atoms with Gasteiger partial charge < -0.3 is 15.2 Å². The Hall–Kier alpha value is -1.62. The quantitative estimate of drug-likeness (QED) is 0.887. The van der Waals surface area contributed by atoms with Crippen LogP contribution < -0.4 is 5.32 Å². The van der Waals surface area contributed by atoms with E-state index in [0.29, 0.717) is 0 Å². The average molecular weight is 269 g/mol. The molecular weight excluding hydrogens is 249 g/mol. The first-order valence-electron chi connectivity index (χ1n) is 6.09. The number of hydrogen-bond donors (Lipinski definition) is 2. The molecule has 4 nitrogen and oxygen atoms in total. The van der Waals surface area contributed by atoms with Gasteiger partial charge >= 0.3 is 6.09 Å². The molecule has 1 aromatic rings. The number of nitrogens with one attached hydrogen (secondary N) is 1. The molecule has 0 aliphatic carbocycles. The second kappa shape index (κ2) is 6.02. The maximum absolute atomic E-state index is 13.7.